The Morgan fingerprint density at radius 1 is 1.02 bits per heavy atom. The number of hydrogen-bond acceptors (Lipinski definition) is 6. The van der Waals surface area contributed by atoms with Gasteiger partial charge in [0.25, 0.3) is 0 Å². The number of carbonyl (C=O) groups is 1. The van der Waals surface area contributed by atoms with Crippen LogP contribution in [0.25, 0.3) is 0 Å². The van der Waals surface area contributed by atoms with E-state index in [4.69, 9.17) is 19.5 Å². The number of fused-ring (bicyclic) bond motifs is 1. The third-order valence-electron chi connectivity index (χ3n) is 11.5. The number of ether oxygens (including phenoxy) is 2. The van der Waals surface area contributed by atoms with E-state index in [2.05, 4.69) is 12.1 Å². The number of benzene rings is 2. The van der Waals surface area contributed by atoms with E-state index in [0.717, 1.165) is 93.1 Å². The molecular weight excluding hydrogens is 617 g/mol. The lowest BCUT2D eigenvalue weighted by Crippen LogP contribution is -2.25. The van der Waals surface area contributed by atoms with Crippen molar-refractivity contribution >= 4 is 17.4 Å². The number of carboxylic acids is 1. The Kier molecular flexibility index (Phi) is 10.1. The summed E-state index contributed by atoms with van der Waals surface area (Å²) in [6.45, 7) is 1.44. The zero-order valence-corrected chi connectivity index (χ0v) is 28.2. The Morgan fingerprint density at radius 3 is 2.63 bits per heavy atom. The summed E-state index contributed by atoms with van der Waals surface area (Å²) in [6, 6.07) is 19.1. The zero-order chi connectivity index (χ0) is 33.8. The molecule has 0 bridgehead atoms. The summed E-state index contributed by atoms with van der Waals surface area (Å²) in [5.41, 5.74) is 6.13. The van der Waals surface area contributed by atoms with Crippen molar-refractivity contribution in [3.63, 3.8) is 0 Å². The number of aryl methyl sites for hydroxylation is 1. The maximum atomic E-state index is 14.8. The third kappa shape index (κ3) is 8.05. The molecule has 3 aromatic rings. The van der Waals surface area contributed by atoms with Gasteiger partial charge in [0.1, 0.15) is 12.4 Å². The Bertz CT molecular complexity index is 1740. The number of rotatable bonds is 11. The Morgan fingerprint density at radius 2 is 1.88 bits per heavy atom. The van der Waals surface area contributed by atoms with Crippen LogP contribution in [0, 0.1) is 34.4 Å². The fraction of sp³-hybridized carbons (Fsp3) is 0.512. The summed E-state index contributed by atoms with van der Waals surface area (Å²) in [5.74, 6) is 0.792. The highest BCUT2D eigenvalue weighted by Gasteiger charge is 2.45. The quantitative estimate of drug-likeness (QED) is 0.219. The molecule has 4 aliphatic rings. The molecule has 3 unspecified atom stereocenters. The van der Waals surface area contributed by atoms with E-state index in [9.17, 15) is 19.6 Å². The van der Waals surface area contributed by atoms with Gasteiger partial charge >= 0.3 is 5.97 Å². The van der Waals surface area contributed by atoms with Crippen LogP contribution in [0.4, 0.5) is 10.1 Å². The summed E-state index contributed by atoms with van der Waals surface area (Å²) in [4.78, 5) is 21.9. The molecule has 0 amide bonds. The Balaban J connectivity index is 1.02. The summed E-state index contributed by atoms with van der Waals surface area (Å²) in [7, 11) is 0. The summed E-state index contributed by atoms with van der Waals surface area (Å²) in [6.07, 6.45) is 13.2. The van der Waals surface area contributed by atoms with E-state index in [-0.39, 0.29) is 23.8 Å². The van der Waals surface area contributed by atoms with Crippen molar-refractivity contribution in [1.29, 1.82) is 5.26 Å². The van der Waals surface area contributed by atoms with Crippen molar-refractivity contribution in [2.45, 2.75) is 102 Å². The van der Waals surface area contributed by atoms with E-state index in [1.807, 2.05) is 30.3 Å². The standard InChI is InChI=1S/C41H46FN3O4/c42-35-22-29(34-24-48-25-34)10-13-33(35)26-49-39-7-3-6-36(45-39)28-5-2-1-4-27(8-9-28)20-38-32(23-41(16-17-41)18-19-43)12-11-30-21-31(40(46)47)14-15-37(30)44-38/h3,6-7,10,13-15,21-22,27-28,32,34H,1-2,4-5,8-9,11-12,16-18,20,23-26H2,(H,46,47). The molecule has 7 nitrogen and oxygen atoms in total. The van der Waals surface area contributed by atoms with Crippen LogP contribution in [0.3, 0.4) is 0 Å². The predicted molar refractivity (Wildman–Crippen MR) is 186 cm³/mol. The topological polar surface area (TPSA) is 105 Å². The normalized spacial score (nSPS) is 23.4. The molecule has 3 atom stereocenters. The van der Waals surface area contributed by atoms with Crippen LogP contribution < -0.4 is 4.74 Å². The molecule has 8 heteroatoms. The van der Waals surface area contributed by atoms with Crippen LogP contribution >= 0.6 is 0 Å². The Labute approximate surface area is 288 Å². The molecule has 2 saturated carbocycles. The highest BCUT2D eigenvalue weighted by atomic mass is 19.1. The van der Waals surface area contributed by atoms with Gasteiger partial charge in [-0.15, -0.1) is 0 Å². The minimum absolute atomic E-state index is 0.119. The third-order valence-corrected chi connectivity index (χ3v) is 11.5. The van der Waals surface area contributed by atoms with Gasteiger partial charge in [0.05, 0.1) is 30.5 Å². The van der Waals surface area contributed by atoms with E-state index >= 15 is 0 Å². The summed E-state index contributed by atoms with van der Waals surface area (Å²) < 4.78 is 26.1. The number of nitriles is 1. The van der Waals surface area contributed by atoms with Gasteiger partial charge in [-0.2, -0.15) is 5.26 Å². The lowest BCUT2D eigenvalue weighted by Gasteiger charge is -2.28. The number of carboxylic acid groups (broad SMARTS) is 1. The second kappa shape index (κ2) is 14.8. The van der Waals surface area contributed by atoms with E-state index in [1.165, 1.54) is 12.1 Å². The van der Waals surface area contributed by atoms with Gasteiger partial charge in [-0.3, -0.25) is 4.99 Å². The fourth-order valence-corrected chi connectivity index (χ4v) is 8.12. The number of aliphatic imine (C=N–C) groups is 1. The number of aromatic carboxylic acids is 1. The second-order valence-electron chi connectivity index (χ2n) is 14.9. The summed E-state index contributed by atoms with van der Waals surface area (Å²) >= 11 is 0. The van der Waals surface area contributed by atoms with Crippen molar-refractivity contribution in [2.24, 2.45) is 22.2 Å². The van der Waals surface area contributed by atoms with E-state index in [1.54, 1.807) is 18.2 Å². The van der Waals surface area contributed by atoms with Crippen LogP contribution in [0.2, 0.25) is 0 Å². The molecular formula is C41H46FN3O4. The molecule has 1 aromatic heterocycles. The molecule has 0 radical (unpaired) electrons. The zero-order valence-electron chi connectivity index (χ0n) is 28.2. The van der Waals surface area contributed by atoms with Crippen LogP contribution in [0.5, 0.6) is 5.88 Å². The van der Waals surface area contributed by atoms with Crippen LogP contribution in [-0.2, 0) is 17.8 Å². The number of nitrogens with zero attached hydrogens (tertiary/aromatic N) is 3. The van der Waals surface area contributed by atoms with Crippen LogP contribution in [0.15, 0.2) is 59.6 Å². The van der Waals surface area contributed by atoms with Crippen molar-refractivity contribution in [3.05, 3.63) is 88.4 Å². The lowest BCUT2D eigenvalue weighted by atomic mass is 9.77. The van der Waals surface area contributed by atoms with Crippen LogP contribution in [-0.4, -0.2) is 35.0 Å². The largest absolute Gasteiger partial charge is 0.478 e. The van der Waals surface area contributed by atoms with Gasteiger partial charge in [0.2, 0.25) is 5.88 Å². The second-order valence-corrected chi connectivity index (χ2v) is 14.9. The molecule has 2 aliphatic carbocycles. The first-order valence-corrected chi connectivity index (χ1v) is 18.1. The number of hydrogen-bond donors (Lipinski definition) is 1. The fourth-order valence-electron chi connectivity index (χ4n) is 8.12. The van der Waals surface area contributed by atoms with E-state index in [0.29, 0.717) is 54.4 Å². The van der Waals surface area contributed by atoms with Gasteiger partial charge in [0.15, 0.2) is 0 Å². The van der Waals surface area contributed by atoms with Crippen molar-refractivity contribution in [2.75, 3.05) is 13.2 Å². The smallest absolute Gasteiger partial charge is 0.335 e. The molecule has 3 fully saturated rings. The predicted octanol–water partition coefficient (Wildman–Crippen LogP) is 9.47. The van der Waals surface area contributed by atoms with Gasteiger partial charge in [-0.05, 0) is 116 Å². The van der Waals surface area contributed by atoms with Crippen molar-refractivity contribution in [1.82, 2.24) is 4.98 Å². The molecule has 2 aliphatic heterocycles. The van der Waals surface area contributed by atoms with Crippen molar-refractivity contribution < 1.29 is 23.8 Å². The minimum atomic E-state index is -0.909. The number of halogens is 1. The monoisotopic (exact) mass is 663 g/mol. The van der Waals surface area contributed by atoms with Gasteiger partial charge < -0.3 is 14.6 Å². The minimum Gasteiger partial charge on any atom is -0.478 e. The molecule has 49 heavy (non-hydrogen) atoms. The molecule has 256 valence electrons. The molecule has 0 spiro atoms. The van der Waals surface area contributed by atoms with Gasteiger partial charge in [0, 0.05) is 41.3 Å². The SMILES string of the molecule is N#CCC1(CC2CCc3cc(C(=O)O)ccc3N=C2CC2CCCCC(c3cccc(OCc4ccc(C5COC5)cc4F)n3)CC2)CC1. The highest BCUT2D eigenvalue weighted by Crippen LogP contribution is 2.54. The molecule has 2 aromatic carbocycles. The number of pyridine rings is 1. The first-order chi connectivity index (χ1) is 23.9. The summed E-state index contributed by atoms with van der Waals surface area (Å²) in [5, 5.41) is 19.1. The highest BCUT2D eigenvalue weighted by molar-refractivity contribution is 5.92. The number of aromatic nitrogens is 1. The molecule has 7 rings (SSSR count). The van der Waals surface area contributed by atoms with Gasteiger partial charge in [-0.1, -0.05) is 37.5 Å². The lowest BCUT2D eigenvalue weighted by molar-refractivity contribution is 0.00830. The average molecular weight is 664 g/mol. The molecule has 3 heterocycles. The van der Waals surface area contributed by atoms with E-state index < -0.39 is 5.97 Å². The average Bonchev–Trinajstić information content (AvgIpc) is 3.84. The van der Waals surface area contributed by atoms with Gasteiger partial charge in [-0.25, -0.2) is 14.2 Å². The maximum Gasteiger partial charge on any atom is 0.335 e. The maximum absolute atomic E-state index is 14.8. The van der Waals surface area contributed by atoms with Crippen molar-refractivity contribution in [3.8, 4) is 11.9 Å². The first-order valence-electron chi connectivity index (χ1n) is 18.1. The molecule has 1 saturated heterocycles. The van der Waals surface area contributed by atoms with Crippen LogP contribution in [0.1, 0.15) is 122 Å². The Hall–Kier alpha value is -4.09. The first kappa shape index (κ1) is 33.4. The molecule has 1 N–H and O–H groups in total.